The summed E-state index contributed by atoms with van der Waals surface area (Å²) in [6.07, 6.45) is 4.18. The fourth-order valence-electron chi connectivity index (χ4n) is 2.64. The van der Waals surface area contributed by atoms with Gasteiger partial charge in [-0.15, -0.1) is 0 Å². The molecule has 1 atom stereocenters. The maximum atomic E-state index is 12.5. The van der Waals surface area contributed by atoms with Crippen LogP contribution in [0.15, 0.2) is 40.0 Å². The summed E-state index contributed by atoms with van der Waals surface area (Å²) in [5, 5.41) is 5.45. The number of halogens is 1. The highest BCUT2D eigenvalue weighted by Crippen LogP contribution is 2.28. The van der Waals surface area contributed by atoms with Crippen molar-refractivity contribution < 1.29 is 14.3 Å². The standard InChI is InChI=1S/C18H23BrN2O3/c1-3-4-5-6-11-24-17(22)15-12(2)20-18(23)21-16(15)13-7-9-14(19)10-8-13/h7-10,16H,3-6,11H2,1-2H3,(H2,20,21,23). The molecule has 0 aromatic heterocycles. The van der Waals surface area contributed by atoms with E-state index >= 15 is 0 Å². The van der Waals surface area contributed by atoms with Crippen molar-refractivity contribution in [1.29, 1.82) is 0 Å². The molecule has 6 heteroatoms. The molecule has 0 aliphatic carbocycles. The maximum absolute atomic E-state index is 12.5. The predicted octanol–water partition coefficient (Wildman–Crippen LogP) is 4.20. The van der Waals surface area contributed by atoms with Crippen molar-refractivity contribution in [2.24, 2.45) is 0 Å². The van der Waals surface area contributed by atoms with Gasteiger partial charge < -0.3 is 15.4 Å². The largest absolute Gasteiger partial charge is 0.462 e. The molecule has 2 rings (SSSR count). The maximum Gasteiger partial charge on any atom is 0.338 e. The molecule has 2 N–H and O–H groups in total. The molecule has 0 bridgehead atoms. The number of hydrogen-bond acceptors (Lipinski definition) is 3. The summed E-state index contributed by atoms with van der Waals surface area (Å²) >= 11 is 3.39. The molecule has 0 radical (unpaired) electrons. The summed E-state index contributed by atoms with van der Waals surface area (Å²) < 4.78 is 6.35. The first-order valence-electron chi connectivity index (χ1n) is 8.23. The highest BCUT2D eigenvalue weighted by atomic mass is 79.9. The Morgan fingerprint density at radius 2 is 1.92 bits per heavy atom. The van der Waals surface area contributed by atoms with Crippen molar-refractivity contribution in [3.8, 4) is 0 Å². The van der Waals surface area contributed by atoms with Crippen molar-refractivity contribution in [3.63, 3.8) is 0 Å². The predicted molar refractivity (Wildman–Crippen MR) is 96.4 cm³/mol. The summed E-state index contributed by atoms with van der Waals surface area (Å²) in [4.78, 5) is 24.3. The lowest BCUT2D eigenvalue weighted by atomic mass is 9.96. The molecule has 1 unspecified atom stereocenters. The Kier molecular flexibility index (Phi) is 6.85. The monoisotopic (exact) mass is 394 g/mol. The van der Waals surface area contributed by atoms with Crippen LogP contribution in [-0.4, -0.2) is 18.6 Å². The molecule has 1 aromatic rings. The topological polar surface area (TPSA) is 67.4 Å². The molecular formula is C18H23BrN2O3. The van der Waals surface area contributed by atoms with E-state index in [1.165, 1.54) is 0 Å². The lowest BCUT2D eigenvalue weighted by molar-refractivity contribution is -0.139. The molecule has 1 aromatic carbocycles. The van der Waals surface area contributed by atoms with Crippen LogP contribution in [0.2, 0.25) is 0 Å². The van der Waals surface area contributed by atoms with E-state index in [4.69, 9.17) is 4.74 Å². The van der Waals surface area contributed by atoms with Gasteiger partial charge in [0.2, 0.25) is 0 Å². The van der Waals surface area contributed by atoms with Gasteiger partial charge in [-0.25, -0.2) is 9.59 Å². The Morgan fingerprint density at radius 1 is 1.21 bits per heavy atom. The third-order valence-electron chi connectivity index (χ3n) is 3.92. The number of allylic oxidation sites excluding steroid dienone is 1. The van der Waals surface area contributed by atoms with Gasteiger partial charge in [0.05, 0.1) is 18.2 Å². The second-order valence-corrected chi connectivity index (χ2v) is 6.73. The number of rotatable bonds is 7. The molecule has 1 heterocycles. The van der Waals surface area contributed by atoms with Gasteiger partial charge in [0, 0.05) is 10.2 Å². The third kappa shape index (κ3) is 4.84. The van der Waals surface area contributed by atoms with Crippen LogP contribution in [0.5, 0.6) is 0 Å². The number of urea groups is 1. The van der Waals surface area contributed by atoms with Crippen LogP contribution >= 0.6 is 15.9 Å². The van der Waals surface area contributed by atoms with Gasteiger partial charge in [-0.1, -0.05) is 54.2 Å². The number of esters is 1. The molecule has 130 valence electrons. The van der Waals surface area contributed by atoms with E-state index in [1.807, 2.05) is 24.3 Å². The summed E-state index contributed by atoms with van der Waals surface area (Å²) in [6.45, 7) is 4.26. The fraction of sp³-hybridized carbons (Fsp3) is 0.444. The van der Waals surface area contributed by atoms with E-state index in [-0.39, 0.29) is 12.0 Å². The number of carbonyl (C=O) groups is 2. The number of carbonyl (C=O) groups excluding carboxylic acids is 2. The van der Waals surface area contributed by atoms with Gasteiger partial charge in [-0.3, -0.25) is 0 Å². The molecule has 0 fully saturated rings. The molecule has 1 aliphatic rings. The Hall–Kier alpha value is -1.82. The number of benzene rings is 1. The minimum atomic E-state index is -0.505. The second-order valence-electron chi connectivity index (χ2n) is 5.82. The average molecular weight is 395 g/mol. The van der Waals surface area contributed by atoms with Gasteiger partial charge in [-0.2, -0.15) is 0 Å². The number of ether oxygens (including phenoxy) is 1. The Balaban J connectivity index is 2.13. The Labute approximate surface area is 151 Å². The molecule has 24 heavy (non-hydrogen) atoms. The van der Waals surface area contributed by atoms with E-state index in [2.05, 4.69) is 33.5 Å². The number of unbranched alkanes of at least 4 members (excludes halogenated alkanes) is 3. The first-order chi connectivity index (χ1) is 11.5. The summed E-state index contributed by atoms with van der Waals surface area (Å²) in [5.74, 6) is -0.385. The van der Waals surface area contributed by atoms with Gasteiger partial charge in [0.1, 0.15) is 0 Å². The lowest BCUT2D eigenvalue weighted by Crippen LogP contribution is -2.45. The summed E-state index contributed by atoms with van der Waals surface area (Å²) in [6, 6.07) is 6.69. The van der Waals surface area contributed by atoms with Crippen molar-refractivity contribution in [3.05, 3.63) is 45.6 Å². The van der Waals surface area contributed by atoms with E-state index in [1.54, 1.807) is 6.92 Å². The van der Waals surface area contributed by atoms with E-state index in [0.29, 0.717) is 17.9 Å². The van der Waals surface area contributed by atoms with E-state index < -0.39 is 6.04 Å². The number of nitrogens with one attached hydrogen (secondary N) is 2. The fourth-order valence-corrected chi connectivity index (χ4v) is 2.91. The zero-order valence-corrected chi connectivity index (χ0v) is 15.6. The molecule has 5 nitrogen and oxygen atoms in total. The molecule has 2 amide bonds. The molecule has 0 spiro atoms. The third-order valence-corrected chi connectivity index (χ3v) is 4.45. The van der Waals surface area contributed by atoms with Gasteiger partial charge in [0.15, 0.2) is 0 Å². The summed E-state index contributed by atoms with van der Waals surface area (Å²) in [5.41, 5.74) is 1.82. The number of hydrogen-bond donors (Lipinski definition) is 2. The van der Waals surface area contributed by atoms with Crippen LogP contribution in [0.1, 0.15) is 51.1 Å². The van der Waals surface area contributed by atoms with E-state index in [0.717, 1.165) is 35.7 Å². The quantitative estimate of drug-likeness (QED) is 0.537. The van der Waals surface area contributed by atoms with Crippen LogP contribution in [0.4, 0.5) is 4.79 Å². The van der Waals surface area contributed by atoms with Crippen LogP contribution in [0.3, 0.4) is 0 Å². The normalized spacial score (nSPS) is 17.3. The van der Waals surface area contributed by atoms with Crippen LogP contribution < -0.4 is 10.6 Å². The molecule has 0 saturated heterocycles. The second kappa shape index (κ2) is 8.87. The SMILES string of the molecule is CCCCCCOC(=O)C1=C(C)NC(=O)NC1c1ccc(Br)cc1. The zero-order chi connectivity index (χ0) is 17.5. The van der Waals surface area contributed by atoms with Crippen molar-refractivity contribution >= 4 is 27.9 Å². The number of amides is 2. The molecule has 1 aliphatic heterocycles. The first-order valence-corrected chi connectivity index (χ1v) is 9.03. The average Bonchev–Trinajstić information content (AvgIpc) is 2.54. The molecule has 0 saturated carbocycles. The Bertz CT molecular complexity index is 626. The van der Waals surface area contributed by atoms with Crippen molar-refractivity contribution in [2.75, 3.05) is 6.61 Å². The van der Waals surface area contributed by atoms with Crippen molar-refractivity contribution in [1.82, 2.24) is 10.6 Å². The first kappa shape index (κ1) is 18.5. The van der Waals surface area contributed by atoms with Gasteiger partial charge in [0.25, 0.3) is 0 Å². The molecular weight excluding hydrogens is 372 g/mol. The zero-order valence-electron chi connectivity index (χ0n) is 14.0. The minimum absolute atomic E-state index is 0.320. The lowest BCUT2D eigenvalue weighted by Gasteiger charge is -2.28. The minimum Gasteiger partial charge on any atom is -0.462 e. The van der Waals surface area contributed by atoms with E-state index in [9.17, 15) is 9.59 Å². The summed E-state index contributed by atoms with van der Waals surface area (Å²) in [7, 11) is 0. The smallest absolute Gasteiger partial charge is 0.338 e. The van der Waals surface area contributed by atoms with Gasteiger partial charge in [-0.05, 0) is 31.0 Å². The highest BCUT2D eigenvalue weighted by Gasteiger charge is 2.32. The van der Waals surface area contributed by atoms with Crippen LogP contribution in [-0.2, 0) is 9.53 Å². The highest BCUT2D eigenvalue weighted by molar-refractivity contribution is 9.10. The Morgan fingerprint density at radius 3 is 2.58 bits per heavy atom. The van der Waals surface area contributed by atoms with Gasteiger partial charge >= 0.3 is 12.0 Å². The van der Waals surface area contributed by atoms with Crippen LogP contribution in [0.25, 0.3) is 0 Å². The van der Waals surface area contributed by atoms with Crippen molar-refractivity contribution in [2.45, 2.75) is 45.6 Å². The van der Waals surface area contributed by atoms with Crippen LogP contribution in [0, 0.1) is 0 Å².